The van der Waals surface area contributed by atoms with Gasteiger partial charge in [-0.3, -0.25) is 0 Å². The van der Waals surface area contributed by atoms with Crippen LogP contribution < -0.4 is 4.48 Å². The lowest BCUT2D eigenvalue weighted by Gasteiger charge is -2.31. The number of hydrogen-bond donors (Lipinski definition) is 0. The molecule has 0 fully saturated rings. The summed E-state index contributed by atoms with van der Waals surface area (Å²) in [6.45, 7) is 6.29. The molecule has 1 unspecified atom stereocenters. The molecule has 0 spiro atoms. The molecule has 0 saturated heterocycles. The van der Waals surface area contributed by atoms with Crippen LogP contribution in [0, 0.1) is 5.92 Å². The number of para-hydroxylation sites is 1. The van der Waals surface area contributed by atoms with Gasteiger partial charge in [0, 0.05) is 30.4 Å². The summed E-state index contributed by atoms with van der Waals surface area (Å²) in [7, 11) is 0. The smallest absolute Gasteiger partial charge is 0.245 e. The number of quaternary nitrogens is 1. The average Bonchev–Trinajstić information content (AvgIpc) is 3.23. The van der Waals surface area contributed by atoms with E-state index in [1.165, 1.54) is 4.57 Å². The van der Waals surface area contributed by atoms with E-state index in [9.17, 15) is 4.79 Å². The van der Waals surface area contributed by atoms with Crippen LogP contribution in [0.15, 0.2) is 65.4 Å². The number of nitrogens with zero attached hydrogens (tertiary/aromatic N) is 4. The Morgan fingerprint density at radius 1 is 1.26 bits per heavy atom. The third-order valence-corrected chi connectivity index (χ3v) is 4.13. The summed E-state index contributed by atoms with van der Waals surface area (Å²) >= 11 is 0. The molecule has 1 atom stereocenters. The van der Waals surface area contributed by atoms with E-state index in [0.717, 1.165) is 23.5 Å². The largest absolute Gasteiger partial charge is 0.444 e. The Bertz CT molecular complexity index is 760. The van der Waals surface area contributed by atoms with E-state index in [2.05, 4.69) is 30.7 Å². The zero-order valence-electron chi connectivity index (χ0n) is 13.7. The van der Waals surface area contributed by atoms with Crippen molar-refractivity contribution in [2.24, 2.45) is 10.9 Å². The third-order valence-electron chi connectivity index (χ3n) is 4.13. The molecule has 118 valence electrons. The van der Waals surface area contributed by atoms with Gasteiger partial charge in [-0.25, -0.2) is 19.3 Å². The van der Waals surface area contributed by atoms with Crippen LogP contribution in [0.3, 0.4) is 0 Å². The van der Waals surface area contributed by atoms with Gasteiger partial charge in [0.25, 0.3) is 0 Å². The molecule has 1 aliphatic heterocycles. The molecule has 0 N–H and O–H groups in total. The highest BCUT2D eigenvalue weighted by atomic mass is 16.2. The Kier molecular flexibility index (Phi) is 3.96. The number of rotatable bonds is 3. The predicted octanol–water partition coefficient (Wildman–Crippen LogP) is 4.18. The number of allylic oxidation sites excluding steroid dienone is 2. The number of amides is 1. The van der Waals surface area contributed by atoms with Gasteiger partial charge >= 0.3 is 6.03 Å². The quantitative estimate of drug-likeness (QED) is 0.799. The second-order valence-electron chi connectivity index (χ2n) is 5.90. The van der Waals surface area contributed by atoms with Crippen molar-refractivity contribution in [2.75, 3.05) is 0 Å². The van der Waals surface area contributed by atoms with Crippen molar-refractivity contribution >= 4 is 18.1 Å². The molecule has 0 saturated carbocycles. The van der Waals surface area contributed by atoms with Gasteiger partial charge in [0.15, 0.2) is 11.4 Å². The first-order chi connectivity index (χ1) is 11.1. The third kappa shape index (κ3) is 2.33. The summed E-state index contributed by atoms with van der Waals surface area (Å²) in [6, 6.07) is 9.71. The normalized spacial score (nSPS) is 20.5. The molecule has 1 amide bonds. The van der Waals surface area contributed by atoms with Gasteiger partial charge in [-0.2, -0.15) is 0 Å². The molecule has 5 nitrogen and oxygen atoms in total. The number of benzene rings is 1. The van der Waals surface area contributed by atoms with Gasteiger partial charge in [0.1, 0.15) is 12.0 Å². The summed E-state index contributed by atoms with van der Waals surface area (Å²) in [5.41, 5.74) is 2.90. The van der Waals surface area contributed by atoms with Crippen molar-refractivity contribution in [3.63, 3.8) is 0 Å². The first-order valence-corrected chi connectivity index (χ1v) is 7.87. The molecule has 1 aromatic carbocycles. The molecule has 0 aliphatic carbocycles. The SMILES string of the molecule is CCC1=C(C(C)C)[N+](C(=O)n2ccnc2)(c2ccccc2)C=N1. The van der Waals surface area contributed by atoms with Gasteiger partial charge in [-0.1, -0.05) is 39.0 Å². The van der Waals surface area contributed by atoms with E-state index in [1.807, 2.05) is 30.3 Å². The second-order valence-corrected chi connectivity index (χ2v) is 5.90. The first kappa shape index (κ1) is 15.4. The standard InChI is InChI=1S/C18H21N4O/c1-4-16-17(14(2)3)22(13-20-16,15-8-6-5-7-9-15)18(23)21-11-10-19-12-21/h5-14H,4H2,1-3H3/q+1. The van der Waals surface area contributed by atoms with Gasteiger partial charge in [0.05, 0.1) is 0 Å². The van der Waals surface area contributed by atoms with Crippen LogP contribution in [0.25, 0.3) is 0 Å². The van der Waals surface area contributed by atoms with Crippen LogP contribution in [0.1, 0.15) is 27.2 Å². The average molecular weight is 309 g/mol. The molecule has 3 rings (SSSR count). The van der Waals surface area contributed by atoms with Crippen LogP contribution in [0.2, 0.25) is 0 Å². The number of carbonyl (C=O) groups excluding carboxylic acids is 1. The van der Waals surface area contributed by atoms with Gasteiger partial charge < -0.3 is 0 Å². The maximum atomic E-state index is 13.4. The second kappa shape index (κ2) is 5.93. The highest BCUT2D eigenvalue weighted by molar-refractivity contribution is 6.06. The lowest BCUT2D eigenvalue weighted by atomic mass is 10.0. The fourth-order valence-electron chi connectivity index (χ4n) is 3.19. The van der Waals surface area contributed by atoms with Gasteiger partial charge in [-0.05, 0) is 6.42 Å². The predicted molar refractivity (Wildman–Crippen MR) is 91.9 cm³/mol. The zero-order chi connectivity index (χ0) is 16.4. The molecule has 1 aromatic heterocycles. The van der Waals surface area contributed by atoms with Crippen molar-refractivity contribution in [3.8, 4) is 0 Å². The van der Waals surface area contributed by atoms with E-state index in [0.29, 0.717) is 0 Å². The Hall–Kier alpha value is -2.53. The Morgan fingerprint density at radius 3 is 2.57 bits per heavy atom. The molecule has 5 heteroatoms. The van der Waals surface area contributed by atoms with Crippen LogP contribution in [0.4, 0.5) is 10.5 Å². The number of hydrogen-bond acceptors (Lipinski definition) is 3. The number of carbonyl (C=O) groups is 1. The maximum Gasteiger partial charge on any atom is 0.444 e. The summed E-state index contributed by atoms with van der Waals surface area (Å²) in [6.07, 6.45) is 7.40. The minimum absolute atomic E-state index is 0.00194. The van der Waals surface area contributed by atoms with E-state index >= 15 is 0 Å². The first-order valence-electron chi connectivity index (χ1n) is 7.87. The zero-order valence-corrected chi connectivity index (χ0v) is 13.7. The topological polar surface area (TPSA) is 47.2 Å². The monoisotopic (exact) mass is 309 g/mol. The van der Waals surface area contributed by atoms with E-state index in [4.69, 9.17) is 0 Å². The number of aliphatic imine (C=N–C) groups is 1. The summed E-state index contributed by atoms with van der Waals surface area (Å²) in [5, 5.41) is 0. The lowest BCUT2D eigenvalue weighted by Crippen LogP contribution is -2.53. The highest BCUT2D eigenvalue weighted by Crippen LogP contribution is 2.39. The van der Waals surface area contributed by atoms with Crippen molar-refractivity contribution in [1.29, 1.82) is 0 Å². The van der Waals surface area contributed by atoms with Crippen LogP contribution in [-0.4, -0.2) is 21.9 Å². The van der Waals surface area contributed by atoms with Crippen molar-refractivity contribution in [1.82, 2.24) is 14.0 Å². The van der Waals surface area contributed by atoms with Gasteiger partial charge in [-0.15, -0.1) is 4.48 Å². The molecule has 0 radical (unpaired) electrons. The molecule has 0 bridgehead atoms. The van der Waals surface area contributed by atoms with Crippen LogP contribution in [0.5, 0.6) is 0 Å². The Morgan fingerprint density at radius 2 is 2.00 bits per heavy atom. The van der Waals surface area contributed by atoms with E-state index in [1.54, 1.807) is 25.1 Å². The Balaban J connectivity index is 2.26. The highest BCUT2D eigenvalue weighted by Gasteiger charge is 2.49. The molecule has 1 aliphatic rings. The van der Waals surface area contributed by atoms with Crippen molar-refractivity contribution in [3.05, 3.63) is 60.4 Å². The fourth-order valence-corrected chi connectivity index (χ4v) is 3.19. The molecule has 23 heavy (non-hydrogen) atoms. The number of imidazole rings is 1. The van der Waals surface area contributed by atoms with Crippen LogP contribution in [-0.2, 0) is 0 Å². The maximum absolute atomic E-state index is 13.4. The summed E-state index contributed by atoms with van der Waals surface area (Å²) < 4.78 is 1.53. The lowest BCUT2D eigenvalue weighted by molar-refractivity contribution is 0.228. The van der Waals surface area contributed by atoms with Crippen LogP contribution >= 0.6 is 0 Å². The molecular formula is C18H21N4O+. The van der Waals surface area contributed by atoms with Gasteiger partial charge in [0.2, 0.25) is 6.34 Å². The minimum Gasteiger partial charge on any atom is -0.245 e. The molecule has 2 aromatic rings. The summed E-state index contributed by atoms with van der Waals surface area (Å²) in [4.78, 5) is 22.0. The minimum atomic E-state index is -0.0930. The fraction of sp³-hybridized carbons (Fsp3) is 0.278. The van der Waals surface area contributed by atoms with E-state index < -0.39 is 0 Å². The molecular weight excluding hydrogens is 288 g/mol. The van der Waals surface area contributed by atoms with Crippen molar-refractivity contribution in [2.45, 2.75) is 27.2 Å². The summed E-state index contributed by atoms with van der Waals surface area (Å²) in [5.74, 6) is 0.195. The Labute approximate surface area is 136 Å². The molecule has 2 heterocycles. The number of aromatic nitrogens is 2. The van der Waals surface area contributed by atoms with Crippen molar-refractivity contribution < 1.29 is 4.79 Å². The van der Waals surface area contributed by atoms with E-state index in [-0.39, 0.29) is 16.4 Å².